The first-order chi connectivity index (χ1) is 9.93. The van der Waals surface area contributed by atoms with Crippen molar-refractivity contribution in [1.29, 1.82) is 0 Å². The van der Waals surface area contributed by atoms with Gasteiger partial charge in [0.05, 0.1) is 20.9 Å². The van der Waals surface area contributed by atoms with Crippen LogP contribution >= 0.6 is 27.5 Å². The van der Waals surface area contributed by atoms with E-state index in [1.54, 1.807) is 0 Å². The normalized spacial score (nSPS) is 12.5. The minimum atomic E-state index is -0.0464. The molecule has 6 heteroatoms. The first-order valence-corrected chi connectivity index (χ1v) is 8.00. The number of rotatable bonds is 5. The van der Waals surface area contributed by atoms with Crippen LogP contribution in [0.25, 0.3) is 0 Å². The van der Waals surface area contributed by atoms with E-state index in [-0.39, 0.29) is 6.04 Å². The Kier molecular flexibility index (Phi) is 5.30. The predicted molar refractivity (Wildman–Crippen MR) is 88.7 cm³/mol. The van der Waals surface area contributed by atoms with Gasteiger partial charge in [-0.2, -0.15) is 5.10 Å². The van der Waals surface area contributed by atoms with Crippen molar-refractivity contribution in [3.05, 3.63) is 44.6 Å². The van der Waals surface area contributed by atoms with Crippen molar-refractivity contribution in [2.75, 3.05) is 0 Å². The molecule has 0 spiro atoms. The summed E-state index contributed by atoms with van der Waals surface area (Å²) >= 11 is 9.80. The van der Waals surface area contributed by atoms with Gasteiger partial charge in [0.2, 0.25) is 0 Å². The van der Waals surface area contributed by atoms with Crippen LogP contribution in [-0.4, -0.2) is 9.78 Å². The highest BCUT2D eigenvalue weighted by Crippen LogP contribution is 2.29. The van der Waals surface area contributed by atoms with Crippen molar-refractivity contribution in [2.24, 2.45) is 5.73 Å². The summed E-state index contributed by atoms with van der Waals surface area (Å²) in [6.07, 6.45) is 0. The SMILES string of the molecule is CCn1nc(C)c(Br)c1COc1ccc([C@@H](C)N)cc1Cl. The van der Waals surface area contributed by atoms with E-state index in [1.165, 1.54) is 0 Å². The fraction of sp³-hybridized carbons (Fsp3) is 0.400. The number of ether oxygens (including phenoxy) is 1. The predicted octanol–water partition coefficient (Wildman–Crippen LogP) is 4.23. The van der Waals surface area contributed by atoms with Crippen LogP contribution in [0.1, 0.15) is 36.8 Å². The number of hydrogen-bond acceptors (Lipinski definition) is 3. The lowest BCUT2D eigenvalue weighted by Gasteiger charge is -2.12. The Morgan fingerprint density at radius 2 is 2.19 bits per heavy atom. The third-order valence-corrected chi connectivity index (χ3v) is 4.63. The highest BCUT2D eigenvalue weighted by molar-refractivity contribution is 9.10. The molecule has 2 aromatic rings. The molecule has 21 heavy (non-hydrogen) atoms. The number of aryl methyl sites for hydroxylation is 2. The van der Waals surface area contributed by atoms with Crippen molar-refractivity contribution in [3.63, 3.8) is 0 Å². The summed E-state index contributed by atoms with van der Waals surface area (Å²) in [5.74, 6) is 0.648. The van der Waals surface area contributed by atoms with E-state index in [0.717, 1.165) is 28.0 Å². The van der Waals surface area contributed by atoms with Crippen molar-refractivity contribution in [1.82, 2.24) is 9.78 Å². The molecule has 0 radical (unpaired) electrons. The average molecular weight is 373 g/mol. The number of aromatic nitrogens is 2. The Morgan fingerprint density at radius 3 is 2.76 bits per heavy atom. The van der Waals surface area contributed by atoms with Gasteiger partial charge < -0.3 is 10.5 Å². The summed E-state index contributed by atoms with van der Waals surface area (Å²) in [4.78, 5) is 0. The minimum Gasteiger partial charge on any atom is -0.486 e. The average Bonchev–Trinajstić information content (AvgIpc) is 2.72. The lowest BCUT2D eigenvalue weighted by molar-refractivity contribution is 0.292. The van der Waals surface area contributed by atoms with Crippen molar-refractivity contribution in [3.8, 4) is 5.75 Å². The van der Waals surface area contributed by atoms with Gasteiger partial charge in [0.15, 0.2) is 0 Å². The van der Waals surface area contributed by atoms with E-state index < -0.39 is 0 Å². The van der Waals surface area contributed by atoms with Crippen LogP contribution in [0, 0.1) is 6.92 Å². The lowest BCUT2D eigenvalue weighted by atomic mass is 10.1. The molecule has 0 fully saturated rings. The van der Waals surface area contributed by atoms with Crippen molar-refractivity contribution >= 4 is 27.5 Å². The van der Waals surface area contributed by atoms with E-state index in [2.05, 4.69) is 21.0 Å². The first-order valence-electron chi connectivity index (χ1n) is 6.83. The third kappa shape index (κ3) is 3.59. The fourth-order valence-corrected chi connectivity index (χ4v) is 2.71. The van der Waals surface area contributed by atoms with Crippen LogP contribution in [0.2, 0.25) is 5.02 Å². The maximum Gasteiger partial charge on any atom is 0.138 e. The molecule has 0 bridgehead atoms. The second kappa shape index (κ2) is 6.81. The van der Waals surface area contributed by atoms with E-state index in [4.69, 9.17) is 22.1 Å². The molecule has 2 rings (SSSR count). The third-order valence-electron chi connectivity index (χ3n) is 3.30. The molecule has 0 saturated carbocycles. The van der Waals surface area contributed by atoms with Gasteiger partial charge in [-0.25, -0.2) is 0 Å². The van der Waals surface area contributed by atoms with Crippen LogP contribution < -0.4 is 10.5 Å². The summed E-state index contributed by atoms with van der Waals surface area (Å²) in [5.41, 5.74) is 8.78. The van der Waals surface area contributed by atoms with Gasteiger partial charge in [0.25, 0.3) is 0 Å². The molecular formula is C15H19BrClN3O. The molecule has 0 aliphatic rings. The molecule has 1 atom stereocenters. The molecule has 1 aromatic carbocycles. The first kappa shape index (κ1) is 16.3. The van der Waals surface area contributed by atoms with Crippen LogP contribution in [0.4, 0.5) is 0 Å². The molecule has 0 saturated heterocycles. The standard InChI is InChI=1S/C15H19BrClN3O/c1-4-20-13(15(16)10(3)19-20)8-21-14-6-5-11(9(2)18)7-12(14)17/h5-7,9H,4,8,18H2,1-3H3/t9-/m1/s1. The van der Waals surface area contributed by atoms with Gasteiger partial charge in [0.1, 0.15) is 12.4 Å². The lowest BCUT2D eigenvalue weighted by Crippen LogP contribution is -2.07. The second-order valence-electron chi connectivity index (χ2n) is 4.93. The van der Waals surface area contributed by atoms with Gasteiger partial charge in [-0.15, -0.1) is 0 Å². The zero-order valence-electron chi connectivity index (χ0n) is 12.4. The smallest absolute Gasteiger partial charge is 0.138 e. The fourth-order valence-electron chi connectivity index (χ4n) is 2.07. The quantitative estimate of drug-likeness (QED) is 0.854. The summed E-state index contributed by atoms with van der Waals surface area (Å²) in [6, 6.07) is 5.59. The zero-order chi connectivity index (χ0) is 15.6. The highest BCUT2D eigenvalue weighted by Gasteiger charge is 2.13. The number of halogens is 2. The van der Waals surface area contributed by atoms with Gasteiger partial charge >= 0.3 is 0 Å². The molecule has 0 aliphatic carbocycles. The highest BCUT2D eigenvalue weighted by atomic mass is 79.9. The Balaban J connectivity index is 2.17. The van der Waals surface area contributed by atoms with Crippen LogP contribution in [-0.2, 0) is 13.2 Å². The second-order valence-corrected chi connectivity index (χ2v) is 6.13. The van der Waals surface area contributed by atoms with Crippen LogP contribution in [0.15, 0.2) is 22.7 Å². The van der Waals surface area contributed by atoms with Crippen LogP contribution in [0.3, 0.4) is 0 Å². The van der Waals surface area contributed by atoms with E-state index in [9.17, 15) is 0 Å². The number of hydrogen-bond donors (Lipinski definition) is 1. The molecular weight excluding hydrogens is 354 g/mol. The van der Waals surface area contributed by atoms with Gasteiger partial charge in [0, 0.05) is 12.6 Å². The number of nitrogens with zero attached hydrogens (tertiary/aromatic N) is 2. The maximum absolute atomic E-state index is 6.24. The summed E-state index contributed by atoms with van der Waals surface area (Å²) in [5, 5.41) is 5.01. The Hall–Kier alpha value is -1.04. The molecule has 1 aromatic heterocycles. The van der Waals surface area contributed by atoms with E-state index in [1.807, 2.05) is 43.7 Å². The van der Waals surface area contributed by atoms with Gasteiger partial charge in [-0.1, -0.05) is 17.7 Å². The Bertz CT molecular complexity index is 640. The molecule has 0 amide bonds. The number of nitrogens with two attached hydrogens (primary N) is 1. The molecule has 0 aliphatic heterocycles. The van der Waals surface area contributed by atoms with Crippen molar-refractivity contribution < 1.29 is 4.74 Å². The number of benzene rings is 1. The van der Waals surface area contributed by atoms with Gasteiger partial charge in [-0.05, 0) is 54.4 Å². The van der Waals surface area contributed by atoms with E-state index in [0.29, 0.717) is 17.4 Å². The topological polar surface area (TPSA) is 53.1 Å². The van der Waals surface area contributed by atoms with Crippen molar-refractivity contribution in [2.45, 2.75) is 40.0 Å². The molecule has 2 N–H and O–H groups in total. The molecule has 1 heterocycles. The maximum atomic E-state index is 6.24. The van der Waals surface area contributed by atoms with Crippen LogP contribution in [0.5, 0.6) is 5.75 Å². The van der Waals surface area contributed by atoms with Gasteiger partial charge in [-0.3, -0.25) is 4.68 Å². The molecule has 4 nitrogen and oxygen atoms in total. The molecule has 114 valence electrons. The largest absolute Gasteiger partial charge is 0.486 e. The summed E-state index contributed by atoms with van der Waals surface area (Å²) in [7, 11) is 0. The Labute approximate surface area is 138 Å². The Morgan fingerprint density at radius 1 is 1.48 bits per heavy atom. The monoisotopic (exact) mass is 371 g/mol. The zero-order valence-corrected chi connectivity index (χ0v) is 14.7. The minimum absolute atomic E-state index is 0.0464. The summed E-state index contributed by atoms with van der Waals surface area (Å²) < 4.78 is 8.73. The van der Waals surface area contributed by atoms with E-state index >= 15 is 0 Å². The summed E-state index contributed by atoms with van der Waals surface area (Å²) in [6.45, 7) is 7.14. The molecule has 0 unspecified atom stereocenters.